The molecule has 1 aromatic heterocycles. The Kier molecular flexibility index (Phi) is 4.40. The molecule has 1 aromatic carbocycles. The number of carbonyl (C=O) groups is 2. The molecule has 2 fully saturated rings. The summed E-state index contributed by atoms with van der Waals surface area (Å²) in [5.74, 6) is -0.115. The summed E-state index contributed by atoms with van der Waals surface area (Å²) in [7, 11) is 0. The van der Waals surface area contributed by atoms with Crippen molar-refractivity contribution in [3.05, 3.63) is 30.0 Å². The number of aromatic nitrogens is 2. The van der Waals surface area contributed by atoms with Crippen LogP contribution in [-0.2, 0) is 20.7 Å². The first-order valence-electron chi connectivity index (χ1n) is 8.82. The van der Waals surface area contributed by atoms with Gasteiger partial charge in [-0.1, -0.05) is 18.2 Å². The number of para-hydroxylation sites is 1. The van der Waals surface area contributed by atoms with Gasteiger partial charge in [-0.3, -0.25) is 14.7 Å². The highest BCUT2D eigenvalue weighted by molar-refractivity contribution is 5.92. The van der Waals surface area contributed by atoms with Crippen LogP contribution in [0, 0.1) is 0 Å². The monoisotopic (exact) mass is 342 g/mol. The zero-order valence-electron chi connectivity index (χ0n) is 14.0. The zero-order valence-corrected chi connectivity index (χ0v) is 14.0. The van der Waals surface area contributed by atoms with Crippen molar-refractivity contribution in [1.29, 1.82) is 0 Å². The van der Waals surface area contributed by atoms with E-state index in [-0.39, 0.29) is 24.3 Å². The molecule has 2 aromatic rings. The van der Waals surface area contributed by atoms with Crippen molar-refractivity contribution >= 4 is 22.7 Å². The van der Waals surface area contributed by atoms with Crippen LogP contribution < -0.4 is 5.32 Å². The average molecular weight is 342 g/mol. The molecule has 0 radical (unpaired) electrons. The molecule has 0 saturated carbocycles. The maximum absolute atomic E-state index is 12.6. The lowest BCUT2D eigenvalue weighted by Crippen LogP contribution is -2.46. The third-order valence-corrected chi connectivity index (χ3v) is 5.08. The Labute approximate surface area is 145 Å². The lowest BCUT2D eigenvalue weighted by molar-refractivity contribution is -0.135. The summed E-state index contributed by atoms with van der Waals surface area (Å²) in [6.07, 6.45) is 2.63. The Balaban J connectivity index is 1.37. The van der Waals surface area contributed by atoms with Gasteiger partial charge in [0.25, 0.3) is 0 Å². The average Bonchev–Trinajstić information content (AvgIpc) is 3.20. The van der Waals surface area contributed by atoms with E-state index in [1.54, 1.807) is 0 Å². The van der Waals surface area contributed by atoms with Gasteiger partial charge in [0.05, 0.1) is 17.6 Å². The molecule has 7 nitrogen and oxygen atoms in total. The number of hydrogen-bond donors (Lipinski definition) is 2. The molecule has 1 atom stereocenters. The summed E-state index contributed by atoms with van der Waals surface area (Å²) in [5.41, 5.74) is 1.62. The highest BCUT2D eigenvalue weighted by Gasteiger charge is 2.37. The van der Waals surface area contributed by atoms with E-state index in [0.717, 1.165) is 29.4 Å². The van der Waals surface area contributed by atoms with Gasteiger partial charge >= 0.3 is 0 Å². The second-order valence-electron chi connectivity index (χ2n) is 6.68. The molecule has 1 unspecified atom stereocenters. The third-order valence-electron chi connectivity index (χ3n) is 5.08. The quantitative estimate of drug-likeness (QED) is 0.868. The number of fused-ring (bicyclic) bond motifs is 1. The predicted octanol–water partition coefficient (Wildman–Crippen LogP) is 1.00. The Morgan fingerprint density at radius 2 is 2.08 bits per heavy atom. The number of nitrogens with one attached hydrogen (secondary N) is 2. The van der Waals surface area contributed by atoms with Crippen molar-refractivity contribution in [2.75, 3.05) is 19.8 Å². The molecule has 2 aliphatic rings. The van der Waals surface area contributed by atoms with E-state index in [1.165, 1.54) is 0 Å². The molecule has 2 N–H and O–H groups in total. The van der Waals surface area contributed by atoms with E-state index < -0.39 is 6.04 Å². The topological polar surface area (TPSA) is 87.3 Å². The largest absolute Gasteiger partial charge is 0.381 e. The van der Waals surface area contributed by atoms with Crippen molar-refractivity contribution in [2.24, 2.45) is 0 Å². The van der Waals surface area contributed by atoms with Gasteiger partial charge in [-0.25, -0.2) is 0 Å². The normalized spacial score (nSPS) is 21.8. The number of carbonyl (C=O) groups excluding carboxylic acids is 2. The van der Waals surface area contributed by atoms with Gasteiger partial charge in [-0.05, 0) is 25.3 Å². The molecule has 3 heterocycles. The number of benzene rings is 1. The minimum atomic E-state index is -0.412. The standard InChI is InChI=1S/C18H22N4O3/c23-17(11-16-13-3-1-2-4-14(13)20-21-16)19-15-5-8-22(18(15)24)12-6-9-25-10-7-12/h1-4,12,15H,5-11H2,(H,19,23)(H,20,21). The number of rotatable bonds is 4. The van der Waals surface area contributed by atoms with E-state index >= 15 is 0 Å². The molecule has 0 spiro atoms. The Hall–Kier alpha value is -2.41. The molecule has 2 aliphatic heterocycles. The third kappa shape index (κ3) is 3.24. The molecular weight excluding hydrogens is 320 g/mol. The first kappa shape index (κ1) is 16.1. The number of nitrogens with zero attached hydrogens (tertiary/aromatic N) is 2. The van der Waals surface area contributed by atoms with Crippen molar-refractivity contribution in [1.82, 2.24) is 20.4 Å². The summed E-state index contributed by atoms with van der Waals surface area (Å²) >= 11 is 0. The van der Waals surface area contributed by atoms with E-state index in [9.17, 15) is 9.59 Å². The Bertz CT molecular complexity index is 781. The van der Waals surface area contributed by atoms with E-state index in [0.29, 0.717) is 26.2 Å². The van der Waals surface area contributed by atoms with Gasteiger partial charge in [0, 0.05) is 31.2 Å². The molecular formula is C18H22N4O3. The van der Waals surface area contributed by atoms with Crippen molar-refractivity contribution in [3.63, 3.8) is 0 Å². The van der Waals surface area contributed by atoms with Crippen LogP contribution in [0.25, 0.3) is 10.9 Å². The summed E-state index contributed by atoms with van der Waals surface area (Å²) in [6, 6.07) is 7.51. The minimum Gasteiger partial charge on any atom is -0.381 e. The number of hydrogen-bond acceptors (Lipinski definition) is 4. The predicted molar refractivity (Wildman–Crippen MR) is 91.9 cm³/mol. The second kappa shape index (κ2) is 6.84. The van der Waals surface area contributed by atoms with Crippen LogP contribution in [0.3, 0.4) is 0 Å². The summed E-state index contributed by atoms with van der Waals surface area (Å²) in [6.45, 7) is 2.12. The molecule has 2 saturated heterocycles. The fourth-order valence-electron chi connectivity index (χ4n) is 3.75. The van der Waals surface area contributed by atoms with Crippen LogP contribution in [0.15, 0.2) is 24.3 Å². The summed E-state index contributed by atoms with van der Waals surface area (Å²) in [5, 5.41) is 11.0. The van der Waals surface area contributed by atoms with E-state index in [4.69, 9.17) is 4.74 Å². The highest BCUT2D eigenvalue weighted by atomic mass is 16.5. The number of amides is 2. The molecule has 4 rings (SSSR count). The SMILES string of the molecule is O=C(Cc1[nH]nc2ccccc12)NC1CCN(C2CCOCC2)C1=O. The van der Waals surface area contributed by atoms with E-state index in [2.05, 4.69) is 15.5 Å². The summed E-state index contributed by atoms with van der Waals surface area (Å²) < 4.78 is 5.36. The van der Waals surface area contributed by atoms with Crippen LogP contribution in [-0.4, -0.2) is 58.8 Å². The van der Waals surface area contributed by atoms with Crippen LogP contribution in [0.4, 0.5) is 0 Å². The molecule has 0 aliphatic carbocycles. The minimum absolute atomic E-state index is 0.0368. The molecule has 2 amide bonds. The maximum Gasteiger partial charge on any atom is 0.245 e. The molecule has 7 heteroatoms. The van der Waals surface area contributed by atoms with Crippen LogP contribution in [0.1, 0.15) is 25.0 Å². The van der Waals surface area contributed by atoms with Gasteiger partial charge < -0.3 is 15.0 Å². The van der Waals surface area contributed by atoms with Gasteiger partial charge in [-0.2, -0.15) is 5.10 Å². The van der Waals surface area contributed by atoms with Gasteiger partial charge in [-0.15, -0.1) is 0 Å². The zero-order chi connectivity index (χ0) is 17.2. The number of ether oxygens (including phenoxy) is 1. The summed E-state index contributed by atoms with van der Waals surface area (Å²) in [4.78, 5) is 26.9. The molecule has 25 heavy (non-hydrogen) atoms. The fraction of sp³-hybridized carbons (Fsp3) is 0.500. The maximum atomic E-state index is 12.6. The van der Waals surface area contributed by atoms with Crippen molar-refractivity contribution in [3.8, 4) is 0 Å². The van der Waals surface area contributed by atoms with Gasteiger partial charge in [0.1, 0.15) is 6.04 Å². The van der Waals surface area contributed by atoms with Gasteiger partial charge in [0.15, 0.2) is 0 Å². The smallest absolute Gasteiger partial charge is 0.245 e. The van der Waals surface area contributed by atoms with Gasteiger partial charge in [0.2, 0.25) is 11.8 Å². The highest BCUT2D eigenvalue weighted by Crippen LogP contribution is 2.22. The van der Waals surface area contributed by atoms with Crippen molar-refractivity contribution < 1.29 is 14.3 Å². The van der Waals surface area contributed by atoms with Crippen LogP contribution in [0.5, 0.6) is 0 Å². The first-order valence-corrected chi connectivity index (χ1v) is 8.82. The molecule has 0 bridgehead atoms. The van der Waals surface area contributed by atoms with Crippen LogP contribution in [0.2, 0.25) is 0 Å². The first-order chi connectivity index (χ1) is 12.2. The number of likely N-dealkylation sites (tertiary alicyclic amines) is 1. The second-order valence-corrected chi connectivity index (χ2v) is 6.68. The van der Waals surface area contributed by atoms with Crippen molar-refractivity contribution in [2.45, 2.75) is 37.8 Å². The lowest BCUT2D eigenvalue weighted by atomic mass is 10.1. The molecule has 132 valence electrons. The Morgan fingerprint density at radius 3 is 2.92 bits per heavy atom. The lowest BCUT2D eigenvalue weighted by Gasteiger charge is -2.31. The Morgan fingerprint density at radius 1 is 1.28 bits per heavy atom. The van der Waals surface area contributed by atoms with Crippen LogP contribution >= 0.6 is 0 Å². The van der Waals surface area contributed by atoms with E-state index in [1.807, 2.05) is 29.2 Å². The fourth-order valence-corrected chi connectivity index (χ4v) is 3.75. The number of H-pyrrole nitrogens is 1. The number of aromatic amines is 1.